The second-order valence-corrected chi connectivity index (χ2v) is 5.44. The zero-order valence-electron chi connectivity index (χ0n) is 13.2. The number of halogens is 5. The van der Waals surface area contributed by atoms with Crippen molar-refractivity contribution in [3.63, 3.8) is 0 Å². The Balaban J connectivity index is 2.56. The van der Waals surface area contributed by atoms with Gasteiger partial charge >= 0.3 is 11.7 Å². The van der Waals surface area contributed by atoms with Crippen molar-refractivity contribution in [2.45, 2.75) is 0 Å². The van der Waals surface area contributed by atoms with Gasteiger partial charge in [0.2, 0.25) is 17.1 Å². The second-order valence-electron chi connectivity index (χ2n) is 5.44. The minimum atomic E-state index is -2.25. The first-order valence-corrected chi connectivity index (χ1v) is 7.14. The minimum Gasteiger partial charge on any atom is -0.477 e. The van der Waals surface area contributed by atoms with Gasteiger partial charge in [0.25, 0.3) is 0 Å². The Morgan fingerprint density at radius 1 is 1.00 bits per heavy atom. The quantitative estimate of drug-likeness (QED) is 0.315. The molecule has 0 fully saturated rings. The maximum Gasteiger partial charge on any atom is 0.341 e. The molecule has 2 aromatic carbocycles. The SMILES string of the molecule is O=C(O)c1cn(-c2cc([N+](=O)[O-])c(F)c(F)c2F)c2cc(F)c(F)cc2c1=O. The van der Waals surface area contributed by atoms with E-state index in [-0.39, 0.29) is 6.07 Å². The zero-order chi connectivity index (χ0) is 20.9. The molecule has 0 aliphatic rings. The van der Waals surface area contributed by atoms with Gasteiger partial charge in [-0.25, -0.2) is 22.4 Å². The number of aromatic carboxylic acids is 1. The first kappa shape index (κ1) is 18.9. The molecule has 0 saturated carbocycles. The fourth-order valence-corrected chi connectivity index (χ4v) is 2.56. The molecule has 0 radical (unpaired) electrons. The monoisotopic (exact) mass is 400 g/mol. The van der Waals surface area contributed by atoms with Crippen LogP contribution in [-0.2, 0) is 0 Å². The number of carboxylic acid groups (broad SMARTS) is 1. The second kappa shape index (κ2) is 6.40. The van der Waals surface area contributed by atoms with Crippen LogP contribution in [0.4, 0.5) is 27.6 Å². The number of fused-ring (bicyclic) bond motifs is 1. The fourth-order valence-electron chi connectivity index (χ4n) is 2.56. The molecule has 0 aliphatic heterocycles. The van der Waals surface area contributed by atoms with E-state index in [0.717, 1.165) is 0 Å². The van der Waals surface area contributed by atoms with Gasteiger partial charge in [-0.2, -0.15) is 4.39 Å². The normalized spacial score (nSPS) is 11.0. The molecule has 12 heteroatoms. The topological polar surface area (TPSA) is 102 Å². The molecule has 1 aromatic heterocycles. The number of carboxylic acids is 1. The fraction of sp³-hybridized carbons (Fsp3) is 0. The molecule has 0 saturated heterocycles. The van der Waals surface area contributed by atoms with Gasteiger partial charge in [0.15, 0.2) is 17.5 Å². The van der Waals surface area contributed by atoms with Crippen molar-refractivity contribution in [2.75, 3.05) is 0 Å². The van der Waals surface area contributed by atoms with Crippen molar-refractivity contribution in [1.82, 2.24) is 4.57 Å². The van der Waals surface area contributed by atoms with Crippen LogP contribution in [0.5, 0.6) is 0 Å². The summed E-state index contributed by atoms with van der Waals surface area (Å²) in [5.74, 6) is -11.3. The third-order valence-electron chi connectivity index (χ3n) is 3.84. The first-order chi connectivity index (χ1) is 13.0. The molecule has 0 atom stereocenters. The van der Waals surface area contributed by atoms with Gasteiger partial charge < -0.3 is 9.67 Å². The number of hydrogen-bond acceptors (Lipinski definition) is 4. The number of rotatable bonds is 3. The van der Waals surface area contributed by atoms with E-state index in [4.69, 9.17) is 5.11 Å². The molecule has 144 valence electrons. The Hall–Kier alpha value is -3.83. The third-order valence-corrected chi connectivity index (χ3v) is 3.84. The van der Waals surface area contributed by atoms with Crippen molar-refractivity contribution >= 4 is 22.6 Å². The Kier molecular flexibility index (Phi) is 4.33. The largest absolute Gasteiger partial charge is 0.477 e. The molecule has 1 heterocycles. The number of pyridine rings is 1. The van der Waals surface area contributed by atoms with E-state index in [9.17, 15) is 41.7 Å². The zero-order valence-corrected chi connectivity index (χ0v) is 13.2. The molecular weight excluding hydrogens is 395 g/mol. The Morgan fingerprint density at radius 3 is 2.18 bits per heavy atom. The van der Waals surface area contributed by atoms with Crippen molar-refractivity contribution in [3.8, 4) is 5.69 Å². The van der Waals surface area contributed by atoms with Crippen LogP contribution in [0.3, 0.4) is 0 Å². The van der Waals surface area contributed by atoms with Crippen molar-refractivity contribution in [1.29, 1.82) is 0 Å². The highest BCUT2D eigenvalue weighted by Gasteiger charge is 2.28. The lowest BCUT2D eigenvalue weighted by molar-refractivity contribution is -0.387. The van der Waals surface area contributed by atoms with Crippen LogP contribution < -0.4 is 5.43 Å². The van der Waals surface area contributed by atoms with E-state index in [1.54, 1.807) is 0 Å². The van der Waals surface area contributed by atoms with Gasteiger partial charge in [-0.15, -0.1) is 0 Å². The molecule has 0 bridgehead atoms. The maximum absolute atomic E-state index is 14.3. The van der Waals surface area contributed by atoms with Gasteiger partial charge in [-0.3, -0.25) is 14.9 Å². The summed E-state index contributed by atoms with van der Waals surface area (Å²) in [6.07, 6.45) is 0.434. The Morgan fingerprint density at radius 2 is 1.61 bits per heavy atom. The van der Waals surface area contributed by atoms with E-state index in [1.165, 1.54) is 0 Å². The first-order valence-electron chi connectivity index (χ1n) is 7.14. The molecule has 3 rings (SSSR count). The van der Waals surface area contributed by atoms with E-state index in [0.29, 0.717) is 22.9 Å². The standard InChI is InChI=1S/C16H5F5N2O5/c17-7-1-5-9(2-8(7)18)22(4-6(15(5)24)16(25)26)10-3-11(23(27)28)13(20)14(21)12(10)19/h1-4H,(H,25,26). The van der Waals surface area contributed by atoms with Crippen LogP contribution in [0.1, 0.15) is 10.4 Å². The summed E-state index contributed by atoms with van der Waals surface area (Å²) in [6, 6.07) is 0.941. The molecular formula is C16H5F5N2O5. The third kappa shape index (κ3) is 2.74. The lowest BCUT2D eigenvalue weighted by Crippen LogP contribution is -2.19. The highest BCUT2D eigenvalue weighted by atomic mass is 19.2. The van der Waals surface area contributed by atoms with Crippen LogP contribution in [-0.4, -0.2) is 20.6 Å². The van der Waals surface area contributed by atoms with Crippen LogP contribution in [0, 0.1) is 39.2 Å². The van der Waals surface area contributed by atoms with Crippen molar-refractivity contribution in [3.05, 3.63) is 79.4 Å². The summed E-state index contributed by atoms with van der Waals surface area (Å²) in [4.78, 5) is 32.9. The average Bonchev–Trinajstić information content (AvgIpc) is 2.62. The Bertz CT molecular complexity index is 1250. The summed E-state index contributed by atoms with van der Waals surface area (Å²) in [6.45, 7) is 0. The van der Waals surface area contributed by atoms with Gasteiger partial charge in [0.05, 0.1) is 21.5 Å². The van der Waals surface area contributed by atoms with Crippen LogP contribution >= 0.6 is 0 Å². The highest BCUT2D eigenvalue weighted by Crippen LogP contribution is 2.30. The van der Waals surface area contributed by atoms with E-state index >= 15 is 0 Å². The number of nitro benzene ring substituents is 1. The molecule has 0 unspecified atom stereocenters. The highest BCUT2D eigenvalue weighted by molar-refractivity contribution is 5.93. The molecule has 0 amide bonds. The molecule has 1 N–H and O–H groups in total. The van der Waals surface area contributed by atoms with Crippen LogP contribution in [0.25, 0.3) is 16.6 Å². The number of hydrogen-bond donors (Lipinski definition) is 1. The predicted octanol–water partition coefficient (Wildman–Crippen LogP) is 3.29. The van der Waals surface area contributed by atoms with Gasteiger partial charge in [0, 0.05) is 18.3 Å². The van der Waals surface area contributed by atoms with Crippen LogP contribution in [0.15, 0.2) is 29.2 Å². The number of nitro groups is 1. The summed E-state index contributed by atoms with van der Waals surface area (Å²) in [7, 11) is 0. The molecule has 3 aromatic rings. The summed E-state index contributed by atoms with van der Waals surface area (Å²) in [5.41, 5.74) is -5.54. The number of nitrogens with zero attached hydrogens (tertiary/aromatic N) is 2. The number of carbonyl (C=O) groups is 1. The number of aromatic nitrogens is 1. The molecule has 28 heavy (non-hydrogen) atoms. The van der Waals surface area contributed by atoms with Gasteiger partial charge in [-0.05, 0) is 6.07 Å². The van der Waals surface area contributed by atoms with Gasteiger partial charge in [-0.1, -0.05) is 0 Å². The maximum atomic E-state index is 14.3. The molecule has 0 spiro atoms. The smallest absolute Gasteiger partial charge is 0.341 e. The lowest BCUT2D eigenvalue weighted by Gasteiger charge is -2.14. The van der Waals surface area contributed by atoms with Crippen molar-refractivity contribution in [2.24, 2.45) is 0 Å². The molecule has 7 nitrogen and oxygen atoms in total. The van der Waals surface area contributed by atoms with Gasteiger partial charge in [0.1, 0.15) is 5.56 Å². The summed E-state index contributed by atoms with van der Waals surface area (Å²) < 4.78 is 69.2. The lowest BCUT2D eigenvalue weighted by atomic mass is 10.1. The predicted molar refractivity (Wildman–Crippen MR) is 82.9 cm³/mol. The van der Waals surface area contributed by atoms with Crippen molar-refractivity contribution < 1.29 is 36.8 Å². The minimum absolute atomic E-state index is 0.227. The van der Waals surface area contributed by atoms with E-state index < -0.39 is 73.2 Å². The number of benzene rings is 2. The van der Waals surface area contributed by atoms with Crippen LogP contribution in [0.2, 0.25) is 0 Å². The Labute approximate surface area is 150 Å². The molecule has 0 aliphatic carbocycles. The van der Waals surface area contributed by atoms with E-state index in [2.05, 4.69) is 0 Å². The van der Waals surface area contributed by atoms with E-state index in [1.807, 2.05) is 0 Å². The summed E-state index contributed by atoms with van der Waals surface area (Å²) >= 11 is 0. The average molecular weight is 400 g/mol. The summed E-state index contributed by atoms with van der Waals surface area (Å²) in [5, 5.41) is 19.3.